The third-order valence-corrected chi connectivity index (χ3v) is 4.45. The van der Waals surface area contributed by atoms with E-state index in [2.05, 4.69) is 25.9 Å². The lowest BCUT2D eigenvalue weighted by Crippen LogP contribution is -2.19. The van der Waals surface area contributed by atoms with Gasteiger partial charge >= 0.3 is 0 Å². The van der Waals surface area contributed by atoms with Crippen molar-refractivity contribution < 1.29 is 10.0 Å². The second-order valence-corrected chi connectivity index (χ2v) is 7.51. The van der Waals surface area contributed by atoms with Crippen LogP contribution in [0.3, 0.4) is 0 Å². The molecule has 0 radical (unpaired) electrons. The maximum absolute atomic E-state index is 13.1. The lowest BCUT2D eigenvalue weighted by atomic mass is 9.87. The molecule has 140 valence electrons. The zero-order chi connectivity index (χ0) is 19.6. The molecule has 0 unspecified atom stereocenters. The van der Waals surface area contributed by atoms with Gasteiger partial charge < -0.3 is 0 Å². The van der Waals surface area contributed by atoms with Gasteiger partial charge in [-0.25, -0.2) is 10.2 Å². The Balaban J connectivity index is 2.03. The van der Waals surface area contributed by atoms with Crippen molar-refractivity contribution in [2.75, 3.05) is 0 Å². The first-order chi connectivity index (χ1) is 12.8. The summed E-state index contributed by atoms with van der Waals surface area (Å²) >= 11 is 0. The number of benzene rings is 2. The summed E-state index contributed by atoms with van der Waals surface area (Å²) in [6, 6.07) is 16.3. The molecular weight excluding hydrogens is 342 g/mol. The molecule has 3 rings (SSSR count). The van der Waals surface area contributed by atoms with Crippen LogP contribution in [0.2, 0.25) is 0 Å². The number of carbonyl (C=O) groups is 1. The van der Waals surface area contributed by atoms with E-state index in [4.69, 9.17) is 5.21 Å². The van der Waals surface area contributed by atoms with Crippen LogP contribution in [-0.4, -0.2) is 20.9 Å². The number of aromatic nitrogens is 2. The molecule has 2 aromatic carbocycles. The molecule has 1 aromatic heterocycles. The monoisotopic (exact) mass is 365 g/mol. The average molecular weight is 365 g/mol. The average Bonchev–Trinajstić information content (AvgIpc) is 2.99. The van der Waals surface area contributed by atoms with Crippen LogP contribution in [0.4, 0.5) is 0 Å². The molecule has 3 N–H and O–H groups in total. The van der Waals surface area contributed by atoms with E-state index < -0.39 is 5.91 Å². The Kier molecular flexibility index (Phi) is 5.01. The van der Waals surface area contributed by atoms with Crippen LogP contribution in [0.15, 0.2) is 59.4 Å². The van der Waals surface area contributed by atoms with E-state index in [1.165, 1.54) is 0 Å². The summed E-state index contributed by atoms with van der Waals surface area (Å²) in [5.74, 6) is -0.565. The highest BCUT2D eigenvalue weighted by molar-refractivity contribution is 5.93. The molecule has 1 amide bonds. The summed E-state index contributed by atoms with van der Waals surface area (Å²) in [6.07, 6.45) is 0.447. The van der Waals surface area contributed by atoms with Crippen LogP contribution in [0.1, 0.15) is 48.0 Å². The van der Waals surface area contributed by atoms with Crippen molar-refractivity contribution in [2.24, 2.45) is 0 Å². The minimum Gasteiger partial charge on any atom is -0.294 e. The number of nitrogens with one attached hydrogen (secondary N) is 2. The first-order valence-corrected chi connectivity index (χ1v) is 8.74. The number of carbonyl (C=O) groups excluding carboxylic acids is 1. The maximum Gasteiger partial charge on any atom is 0.275 e. The van der Waals surface area contributed by atoms with E-state index in [0.717, 1.165) is 16.9 Å². The van der Waals surface area contributed by atoms with E-state index in [0.29, 0.717) is 17.5 Å². The molecule has 0 spiro atoms. The first kappa shape index (κ1) is 18.7. The molecule has 6 nitrogen and oxygen atoms in total. The largest absolute Gasteiger partial charge is 0.294 e. The van der Waals surface area contributed by atoms with E-state index in [-0.39, 0.29) is 11.0 Å². The number of hydrogen-bond acceptors (Lipinski definition) is 3. The van der Waals surface area contributed by atoms with Gasteiger partial charge in [0.15, 0.2) is 0 Å². The van der Waals surface area contributed by atoms with Crippen LogP contribution in [0.5, 0.6) is 0 Å². The Morgan fingerprint density at radius 3 is 2.26 bits per heavy atom. The van der Waals surface area contributed by atoms with Crippen LogP contribution in [0, 0.1) is 0 Å². The van der Waals surface area contributed by atoms with Gasteiger partial charge in [0.25, 0.3) is 11.5 Å². The van der Waals surface area contributed by atoms with Gasteiger partial charge in [-0.05, 0) is 29.8 Å². The predicted molar refractivity (Wildman–Crippen MR) is 104 cm³/mol. The third-order valence-electron chi connectivity index (χ3n) is 4.45. The highest BCUT2D eigenvalue weighted by Gasteiger charge is 2.25. The fourth-order valence-electron chi connectivity index (χ4n) is 3.06. The quantitative estimate of drug-likeness (QED) is 0.490. The Hall–Kier alpha value is -3.12. The Morgan fingerprint density at radius 1 is 1.07 bits per heavy atom. The second kappa shape index (κ2) is 7.25. The van der Waals surface area contributed by atoms with E-state index in [9.17, 15) is 9.59 Å². The molecule has 0 saturated carbocycles. The van der Waals surface area contributed by atoms with Crippen molar-refractivity contribution in [1.82, 2.24) is 15.3 Å². The molecule has 0 aliphatic heterocycles. The van der Waals surface area contributed by atoms with Gasteiger partial charge in [0.2, 0.25) is 0 Å². The van der Waals surface area contributed by atoms with Crippen molar-refractivity contribution in [1.29, 1.82) is 0 Å². The summed E-state index contributed by atoms with van der Waals surface area (Å²) < 4.78 is 1.57. The second-order valence-electron chi connectivity index (χ2n) is 7.51. The number of para-hydroxylation sites is 1. The van der Waals surface area contributed by atoms with Gasteiger partial charge in [0.1, 0.15) is 0 Å². The highest BCUT2D eigenvalue weighted by atomic mass is 16.5. The topological polar surface area (TPSA) is 87.1 Å². The Labute approximate surface area is 157 Å². The van der Waals surface area contributed by atoms with Gasteiger partial charge in [-0.2, -0.15) is 0 Å². The van der Waals surface area contributed by atoms with Crippen molar-refractivity contribution in [3.8, 4) is 5.69 Å². The number of rotatable bonds is 4. The fourth-order valence-corrected chi connectivity index (χ4v) is 3.06. The molecule has 6 heteroatoms. The van der Waals surface area contributed by atoms with E-state index in [1.54, 1.807) is 34.4 Å². The molecule has 0 saturated heterocycles. The van der Waals surface area contributed by atoms with Crippen LogP contribution in [-0.2, 0) is 11.8 Å². The van der Waals surface area contributed by atoms with Crippen molar-refractivity contribution in [2.45, 2.75) is 32.6 Å². The highest BCUT2D eigenvalue weighted by Crippen LogP contribution is 2.25. The third kappa shape index (κ3) is 3.85. The van der Waals surface area contributed by atoms with Crippen LogP contribution >= 0.6 is 0 Å². The predicted octanol–water partition coefficient (Wildman–Crippen LogP) is 3.17. The Bertz CT molecular complexity index is 994. The fraction of sp³-hybridized carbons (Fsp3) is 0.238. The molecule has 27 heavy (non-hydrogen) atoms. The Morgan fingerprint density at radius 2 is 1.70 bits per heavy atom. The number of nitrogens with zero attached hydrogens (tertiary/aromatic N) is 1. The molecule has 0 aliphatic carbocycles. The van der Waals surface area contributed by atoms with Crippen molar-refractivity contribution in [3.63, 3.8) is 0 Å². The van der Waals surface area contributed by atoms with E-state index >= 15 is 0 Å². The zero-order valence-electron chi connectivity index (χ0n) is 15.6. The minimum absolute atomic E-state index is 0.0803. The summed E-state index contributed by atoms with van der Waals surface area (Å²) in [5.41, 5.74) is 4.93. The molecular formula is C21H23N3O3. The van der Waals surface area contributed by atoms with E-state index in [1.807, 2.05) is 30.3 Å². The number of H-pyrrole nitrogens is 1. The maximum atomic E-state index is 13.1. The molecule has 3 aromatic rings. The lowest BCUT2D eigenvalue weighted by molar-refractivity contribution is 0.0706. The number of hydroxylamine groups is 1. The van der Waals surface area contributed by atoms with Gasteiger partial charge in [-0.1, -0.05) is 51.1 Å². The van der Waals surface area contributed by atoms with Gasteiger partial charge in [0.05, 0.1) is 5.69 Å². The smallest absolute Gasteiger partial charge is 0.275 e. The minimum atomic E-state index is -0.565. The summed E-state index contributed by atoms with van der Waals surface area (Å²) in [7, 11) is 0. The summed E-state index contributed by atoms with van der Waals surface area (Å²) in [5, 5.41) is 12.0. The molecule has 0 aliphatic rings. The first-order valence-electron chi connectivity index (χ1n) is 8.74. The standard InChI is InChI=1S/C21H23N3O3/c1-21(2,3)18-17(13-14-9-11-15(12-10-14)19(25)23-27)20(26)24(22-18)16-7-5-4-6-8-16/h4-12,22,27H,13H2,1-3H3,(H,23,25). The number of hydrogen-bond donors (Lipinski definition) is 3. The SMILES string of the molecule is CC(C)(C)c1[nH]n(-c2ccccc2)c(=O)c1Cc1ccc(C(=O)NO)cc1. The number of amides is 1. The van der Waals surface area contributed by atoms with Crippen molar-refractivity contribution >= 4 is 5.91 Å². The van der Waals surface area contributed by atoms with Gasteiger partial charge in [-0.15, -0.1) is 0 Å². The normalized spacial score (nSPS) is 11.4. The van der Waals surface area contributed by atoms with Crippen LogP contribution < -0.4 is 11.0 Å². The summed E-state index contributed by atoms with van der Waals surface area (Å²) in [4.78, 5) is 24.6. The van der Waals surface area contributed by atoms with Crippen molar-refractivity contribution in [3.05, 3.63) is 87.3 Å². The van der Waals surface area contributed by atoms with Crippen LogP contribution in [0.25, 0.3) is 5.69 Å². The number of aromatic amines is 1. The van der Waals surface area contributed by atoms with Gasteiger partial charge in [-0.3, -0.25) is 19.9 Å². The zero-order valence-corrected chi connectivity index (χ0v) is 15.6. The lowest BCUT2D eigenvalue weighted by Gasteiger charge is -2.18. The summed E-state index contributed by atoms with van der Waals surface area (Å²) in [6.45, 7) is 6.18. The molecule has 0 bridgehead atoms. The molecule has 0 atom stereocenters. The van der Waals surface area contributed by atoms with Gasteiger partial charge in [0, 0.05) is 28.7 Å². The molecule has 0 fully saturated rings. The molecule has 1 heterocycles.